The number of benzene rings is 1. The van der Waals surface area contributed by atoms with E-state index in [1.54, 1.807) is 0 Å². The van der Waals surface area contributed by atoms with Gasteiger partial charge in [-0.1, -0.05) is 25.0 Å². The lowest BCUT2D eigenvalue weighted by molar-refractivity contribution is -0.000244. The molecule has 1 saturated heterocycles. The van der Waals surface area contributed by atoms with E-state index in [4.69, 9.17) is 5.73 Å². The summed E-state index contributed by atoms with van der Waals surface area (Å²) >= 11 is 0. The molecule has 2 N–H and O–H groups in total. The molecule has 1 aromatic carbocycles. The summed E-state index contributed by atoms with van der Waals surface area (Å²) in [6.45, 7) is 3.73. The average molecular weight is 216 g/mol. The standard InChI is InChI=1S/C14H20N2/c15-13-5-3-12(4-6-13)9-16-10-14(11-16)7-1-2-8-14/h3-6H,1-2,7-11,15H2. The molecule has 2 heteroatoms. The predicted molar refractivity (Wildman–Crippen MR) is 67.0 cm³/mol. The summed E-state index contributed by atoms with van der Waals surface area (Å²) in [6.07, 6.45) is 5.84. The Morgan fingerprint density at radius 2 is 1.69 bits per heavy atom. The van der Waals surface area contributed by atoms with Crippen LogP contribution in [0.1, 0.15) is 31.2 Å². The number of likely N-dealkylation sites (tertiary alicyclic amines) is 1. The molecule has 1 saturated carbocycles. The van der Waals surface area contributed by atoms with Crippen LogP contribution in [0.15, 0.2) is 24.3 Å². The first kappa shape index (κ1) is 10.2. The van der Waals surface area contributed by atoms with Crippen molar-refractivity contribution in [3.8, 4) is 0 Å². The fourth-order valence-corrected chi connectivity index (χ4v) is 3.34. The van der Waals surface area contributed by atoms with E-state index in [-0.39, 0.29) is 0 Å². The Morgan fingerprint density at radius 1 is 1.06 bits per heavy atom. The number of hydrogen-bond donors (Lipinski definition) is 1. The molecule has 0 radical (unpaired) electrons. The molecular weight excluding hydrogens is 196 g/mol. The van der Waals surface area contributed by atoms with E-state index in [0.717, 1.165) is 12.2 Å². The first-order chi connectivity index (χ1) is 7.76. The molecule has 2 fully saturated rings. The van der Waals surface area contributed by atoms with Gasteiger partial charge in [0.2, 0.25) is 0 Å². The molecule has 1 aliphatic carbocycles. The van der Waals surface area contributed by atoms with Gasteiger partial charge in [0.25, 0.3) is 0 Å². The molecule has 1 aliphatic heterocycles. The van der Waals surface area contributed by atoms with E-state index < -0.39 is 0 Å². The fraction of sp³-hybridized carbons (Fsp3) is 0.571. The van der Waals surface area contributed by atoms with Gasteiger partial charge in [0.05, 0.1) is 0 Å². The molecule has 2 nitrogen and oxygen atoms in total. The van der Waals surface area contributed by atoms with Gasteiger partial charge in [0.15, 0.2) is 0 Å². The zero-order valence-electron chi connectivity index (χ0n) is 9.78. The van der Waals surface area contributed by atoms with Gasteiger partial charge < -0.3 is 5.73 Å². The fourth-order valence-electron chi connectivity index (χ4n) is 3.34. The molecule has 0 atom stereocenters. The second-order valence-electron chi connectivity index (χ2n) is 5.59. The van der Waals surface area contributed by atoms with Crippen LogP contribution in [0.3, 0.4) is 0 Å². The van der Waals surface area contributed by atoms with Gasteiger partial charge in [-0.05, 0) is 36.0 Å². The maximum Gasteiger partial charge on any atom is 0.0314 e. The molecule has 1 spiro atoms. The van der Waals surface area contributed by atoms with Gasteiger partial charge in [-0.2, -0.15) is 0 Å². The van der Waals surface area contributed by atoms with E-state index >= 15 is 0 Å². The predicted octanol–water partition coefficient (Wildman–Crippen LogP) is 2.64. The quantitative estimate of drug-likeness (QED) is 0.770. The molecule has 0 aromatic heterocycles. The van der Waals surface area contributed by atoms with E-state index in [1.165, 1.54) is 44.3 Å². The van der Waals surface area contributed by atoms with Gasteiger partial charge >= 0.3 is 0 Å². The second-order valence-corrected chi connectivity index (χ2v) is 5.59. The number of nitrogen functional groups attached to an aromatic ring is 1. The van der Waals surface area contributed by atoms with Crippen molar-refractivity contribution in [2.75, 3.05) is 18.8 Å². The Labute approximate surface area is 97.4 Å². The smallest absolute Gasteiger partial charge is 0.0314 e. The third kappa shape index (κ3) is 1.82. The van der Waals surface area contributed by atoms with Crippen LogP contribution in [0.2, 0.25) is 0 Å². The summed E-state index contributed by atoms with van der Waals surface area (Å²) in [5.41, 5.74) is 8.65. The summed E-state index contributed by atoms with van der Waals surface area (Å²) in [5.74, 6) is 0. The normalized spacial score (nSPS) is 23.5. The van der Waals surface area contributed by atoms with Crippen LogP contribution in [-0.4, -0.2) is 18.0 Å². The zero-order valence-corrected chi connectivity index (χ0v) is 9.78. The summed E-state index contributed by atoms with van der Waals surface area (Å²) in [6, 6.07) is 8.30. The molecule has 0 amide bonds. The Balaban J connectivity index is 1.56. The third-order valence-corrected chi connectivity index (χ3v) is 4.17. The summed E-state index contributed by atoms with van der Waals surface area (Å²) < 4.78 is 0. The minimum absolute atomic E-state index is 0.716. The summed E-state index contributed by atoms with van der Waals surface area (Å²) in [5, 5.41) is 0. The van der Waals surface area contributed by atoms with Crippen LogP contribution in [0.4, 0.5) is 5.69 Å². The maximum absolute atomic E-state index is 5.68. The number of nitrogens with two attached hydrogens (primary N) is 1. The second kappa shape index (κ2) is 3.77. The molecule has 2 aliphatic rings. The monoisotopic (exact) mass is 216 g/mol. The highest BCUT2D eigenvalue weighted by atomic mass is 15.2. The molecule has 1 heterocycles. The zero-order chi connectivity index (χ0) is 11.0. The molecule has 0 bridgehead atoms. The first-order valence-corrected chi connectivity index (χ1v) is 6.33. The third-order valence-electron chi connectivity index (χ3n) is 4.17. The minimum Gasteiger partial charge on any atom is -0.399 e. The summed E-state index contributed by atoms with van der Waals surface area (Å²) in [4.78, 5) is 2.57. The molecule has 0 unspecified atom stereocenters. The van der Waals surface area contributed by atoms with E-state index in [1.807, 2.05) is 12.1 Å². The number of hydrogen-bond acceptors (Lipinski definition) is 2. The van der Waals surface area contributed by atoms with E-state index in [0.29, 0.717) is 5.41 Å². The lowest BCUT2D eigenvalue weighted by atomic mass is 9.78. The van der Waals surface area contributed by atoms with Gasteiger partial charge in [-0.15, -0.1) is 0 Å². The van der Waals surface area contributed by atoms with Crippen LogP contribution in [0.25, 0.3) is 0 Å². The van der Waals surface area contributed by atoms with Crippen molar-refractivity contribution in [2.24, 2.45) is 5.41 Å². The average Bonchev–Trinajstić information content (AvgIpc) is 2.70. The van der Waals surface area contributed by atoms with Crippen LogP contribution in [-0.2, 0) is 6.54 Å². The van der Waals surface area contributed by atoms with Gasteiger partial charge in [-0.25, -0.2) is 0 Å². The van der Waals surface area contributed by atoms with Crippen molar-refractivity contribution in [3.05, 3.63) is 29.8 Å². The van der Waals surface area contributed by atoms with Crippen molar-refractivity contribution in [1.82, 2.24) is 4.90 Å². The summed E-state index contributed by atoms with van der Waals surface area (Å²) in [7, 11) is 0. The molecule has 16 heavy (non-hydrogen) atoms. The molecular formula is C14H20N2. The van der Waals surface area contributed by atoms with Crippen molar-refractivity contribution >= 4 is 5.69 Å². The Morgan fingerprint density at radius 3 is 2.31 bits per heavy atom. The molecule has 3 rings (SSSR count). The van der Waals surface area contributed by atoms with Crippen LogP contribution >= 0.6 is 0 Å². The highest BCUT2D eigenvalue weighted by Gasteiger charge is 2.44. The van der Waals surface area contributed by atoms with Crippen LogP contribution in [0, 0.1) is 5.41 Å². The van der Waals surface area contributed by atoms with Crippen LogP contribution < -0.4 is 5.73 Å². The van der Waals surface area contributed by atoms with Crippen LogP contribution in [0.5, 0.6) is 0 Å². The maximum atomic E-state index is 5.68. The van der Waals surface area contributed by atoms with Gasteiger partial charge in [0, 0.05) is 25.3 Å². The SMILES string of the molecule is Nc1ccc(CN2CC3(CCCC3)C2)cc1. The van der Waals surface area contributed by atoms with Crippen molar-refractivity contribution in [3.63, 3.8) is 0 Å². The van der Waals surface area contributed by atoms with Gasteiger partial charge in [-0.3, -0.25) is 4.90 Å². The number of nitrogens with zero attached hydrogens (tertiary/aromatic N) is 1. The largest absolute Gasteiger partial charge is 0.399 e. The Hall–Kier alpha value is -1.02. The van der Waals surface area contributed by atoms with Crippen molar-refractivity contribution in [2.45, 2.75) is 32.2 Å². The number of rotatable bonds is 2. The lowest BCUT2D eigenvalue weighted by Crippen LogP contribution is -2.54. The first-order valence-electron chi connectivity index (χ1n) is 6.33. The highest BCUT2D eigenvalue weighted by molar-refractivity contribution is 5.39. The van der Waals surface area contributed by atoms with E-state index in [2.05, 4.69) is 17.0 Å². The number of anilines is 1. The highest BCUT2D eigenvalue weighted by Crippen LogP contribution is 2.45. The Bertz CT molecular complexity index is 355. The van der Waals surface area contributed by atoms with Gasteiger partial charge in [0.1, 0.15) is 0 Å². The Kier molecular flexibility index (Phi) is 2.40. The topological polar surface area (TPSA) is 29.3 Å². The molecule has 86 valence electrons. The lowest BCUT2D eigenvalue weighted by Gasteiger charge is -2.48. The van der Waals surface area contributed by atoms with E-state index in [9.17, 15) is 0 Å². The molecule has 1 aromatic rings. The van der Waals surface area contributed by atoms with Crippen molar-refractivity contribution in [1.29, 1.82) is 0 Å². The van der Waals surface area contributed by atoms with Crippen molar-refractivity contribution < 1.29 is 0 Å². The minimum atomic E-state index is 0.716.